The molecule has 2 atom stereocenters. The van der Waals surface area contributed by atoms with Crippen LogP contribution in [0.15, 0.2) is 24.3 Å². The van der Waals surface area contributed by atoms with Crippen LogP contribution in [0.3, 0.4) is 0 Å². The fourth-order valence-corrected chi connectivity index (χ4v) is 2.57. The Morgan fingerprint density at radius 2 is 1.74 bits per heavy atom. The zero-order valence-corrected chi connectivity index (χ0v) is 14.3. The Balaban J connectivity index is 1.76. The van der Waals surface area contributed by atoms with Crippen LogP contribution in [-0.2, 0) is 9.59 Å². The second-order valence-electron chi connectivity index (χ2n) is 6.38. The van der Waals surface area contributed by atoms with E-state index in [-0.39, 0.29) is 23.7 Å². The molecule has 1 saturated carbocycles. The summed E-state index contributed by atoms with van der Waals surface area (Å²) >= 11 is 0. The monoisotopic (exact) mass is 317 g/mol. The molecule has 0 bridgehead atoms. The normalized spacial score (nSPS) is 19.1. The average Bonchev–Trinajstić information content (AvgIpc) is 3.32. The zero-order chi connectivity index (χ0) is 16.8. The third kappa shape index (κ3) is 4.98. The van der Waals surface area contributed by atoms with Gasteiger partial charge < -0.3 is 15.5 Å². The van der Waals surface area contributed by atoms with Gasteiger partial charge in [-0.05, 0) is 37.1 Å². The molecular weight excluding hydrogens is 290 g/mol. The molecule has 2 N–H and O–H groups in total. The number of benzene rings is 1. The maximum absolute atomic E-state index is 12.2. The van der Waals surface area contributed by atoms with E-state index in [4.69, 9.17) is 0 Å². The summed E-state index contributed by atoms with van der Waals surface area (Å²) < 4.78 is 0. The van der Waals surface area contributed by atoms with E-state index in [0.29, 0.717) is 13.0 Å². The third-order valence-electron chi connectivity index (χ3n) is 4.19. The molecule has 5 heteroatoms. The summed E-state index contributed by atoms with van der Waals surface area (Å²) in [5, 5.41) is 5.82. The van der Waals surface area contributed by atoms with E-state index in [1.807, 2.05) is 43.3 Å². The number of unbranched alkanes of at least 4 members (excludes halogenated alkanes) is 2. The van der Waals surface area contributed by atoms with Crippen molar-refractivity contribution in [2.24, 2.45) is 11.8 Å². The minimum Gasteiger partial charge on any atom is -0.378 e. The zero-order valence-electron chi connectivity index (χ0n) is 14.3. The van der Waals surface area contributed by atoms with Gasteiger partial charge in [0.2, 0.25) is 11.8 Å². The van der Waals surface area contributed by atoms with Crippen LogP contribution >= 0.6 is 0 Å². The first-order valence-corrected chi connectivity index (χ1v) is 8.39. The number of rotatable bonds is 8. The highest BCUT2D eigenvalue weighted by Crippen LogP contribution is 2.39. The molecule has 2 rings (SSSR count). The van der Waals surface area contributed by atoms with Crippen LogP contribution in [0.4, 0.5) is 11.4 Å². The van der Waals surface area contributed by atoms with Gasteiger partial charge in [-0.15, -0.1) is 0 Å². The molecule has 2 unspecified atom stereocenters. The highest BCUT2D eigenvalue weighted by Gasteiger charge is 2.47. The van der Waals surface area contributed by atoms with Crippen molar-refractivity contribution >= 4 is 23.2 Å². The molecule has 0 aliphatic heterocycles. The smallest absolute Gasteiger partial charge is 0.228 e. The van der Waals surface area contributed by atoms with E-state index in [2.05, 4.69) is 17.6 Å². The maximum Gasteiger partial charge on any atom is 0.228 e. The Hall–Kier alpha value is -2.04. The summed E-state index contributed by atoms with van der Waals surface area (Å²) in [6, 6.07) is 7.69. The summed E-state index contributed by atoms with van der Waals surface area (Å²) in [6.07, 6.45) is 3.92. The average molecular weight is 317 g/mol. The van der Waals surface area contributed by atoms with Gasteiger partial charge in [0.05, 0.1) is 11.8 Å². The topological polar surface area (TPSA) is 61.4 Å². The Labute approximate surface area is 138 Å². The predicted octanol–water partition coefficient (Wildman–Crippen LogP) is 2.63. The van der Waals surface area contributed by atoms with Crippen molar-refractivity contribution in [3.05, 3.63) is 24.3 Å². The number of carbonyl (C=O) groups is 2. The van der Waals surface area contributed by atoms with Crippen LogP contribution in [-0.4, -0.2) is 32.5 Å². The van der Waals surface area contributed by atoms with Crippen LogP contribution < -0.4 is 15.5 Å². The van der Waals surface area contributed by atoms with E-state index >= 15 is 0 Å². The molecule has 1 aromatic rings. The van der Waals surface area contributed by atoms with E-state index in [9.17, 15) is 9.59 Å². The summed E-state index contributed by atoms with van der Waals surface area (Å²) in [7, 11) is 3.95. The number of nitrogens with one attached hydrogen (secondary N) is 2. The largest absolute Gasteiger partial charge is 0.378 e. The van der Waals surface area contributed by atoms with Crippen LogP contribution in [0.25, 0.3) is 0 Å². The predicted molar refractivity (Wildman–Crippen MR) is 93.5 cm³/mol. The van der Waals surface area contributed by atoms with Crippen molar-refractivity contribution in [1.82, 2.24) is 5.32 Å². The van der Waals surface area contributed by atoms with E-state index < -0.39 is 0 Å². The molecule has 0 aromatic heterocycles. The lowest BCUT2D eigenvalue weighted by atomic mass is 10.2. The Kier molecular flexibility index (Phi) is 6.02. The first-order valence-electron chi connectivity index (χ1n) is 8.39. The molecule has 1 aliphatic rings. The van der Waals surface area contributed by atoms with Crippen molar-refractivity contribution in [1.29, 1.82) is 0 Å². The van der Waals surface area contributed by atoms with E-state index in [0.717, 1.165) is 30.6 Å². The quantitative estimate of drug-likeness (QED) is 0.725. The summed E-state index contributed by atoms with van der Waals surface area (Å²) in [6.45, 7) is 2.84. The van der Waals surface area contributed by atoms with Gasteiger partial charge in [0.15, 0.2) is 0 Å². The second-order valence-corrected chi connectivity index (χ2v) is 6.38. The van der Waals surface area contributed by atoms with Crippen molar-refractivity contribution < 1.29 is 9.59 Å². The van der Waals surface area contributed by atoms with Crippen molar-refractivity contribution in [3.63, 3.8) is 0 Å². The minimum atomic E-state index is -0.185. The number of hydrogen-bond acceptors (Lipinski definition) is 3. The first kappa shape index (κ1) is 17.3. The van der Waals surface area contributed by atoms with Gasteiger partial charge in [-0.3, -0.25) is 9.59 Å². The lowest BCUT2D eigenvalue weighted by molar-refractivity contribution is -0.125. The summed E-state index contributed by atoms with van der Waals surface area (Å²) in [5.41, 5.74) is 1.85. The molecule has 0 heterocycles. The van der Waals surface area contributed by atoms with Crippen molar-refractivity contribution in [2.45, 2.75) is 32.6 Å². The van der Waals surface area contributed by atoms with Crippen LogP contribution in [0.5, 0.6) is 0 Å². The molecule has 23 heavy (non-hydrogen) atoms. The molecule has 0 spiro atoms. The first-order chi connectivity index (χ1) is 11.0. The number of hydrogen-bond donors (Lipinski definition) is 2. The van der Waals surface area contributed by atoms with Gasteiger partial charge in [0.25, 0.3) is 0 Å². The maximum atomic E-state index is 12.2. The van der Waals surface area contributed by atoms with Crippen molar-refractivity contribution in [2.75, 3.05) is 30.9 Å². The Morgan fingerprint density at radius 3 is 2.35 bits per heavy atom. The fraction of sp³-hybridized carbons (Fsp3) is 0.556. The molecule has 0 radical (unpaired) electrons. The molecule has 1 aliphatic carbocycles. The van der Waals surface area contributed by atoms with Gasteiger partial charge in [-0.25, -0.2) is 0 Å². The Bertz CT molecular complexity index is 540. The molecule has 5 nitrogen and oxygen atoms in total. The SMILES string of the molecule is CCCCCNC(=O)C1CC1C(=O)Nc1ccc(N(C)C)cc1. The van der Waals surface area contributed by atoms with Gasteiger partial charge in [-0.2, -0.15) is 0 Å². The lowest BCUT2D eigenvalue weighted by Crippen LogP contribution is -2.28. The molecule has 1 fully saturated rings. The Morgan fingerprint density at radius 1 is 1.09 bits per heavy atom. The summed E-state index contributed by atoms with van der Waals surface area (Å²) in [5.74, 6) is -0.382. The van der Waals surface area contributed by atoms with E-state index in [1.165, 1.54) is 0 Å². The number of anilines is 2. The van der Waals surface area contributed by atoms with Crippen molar-refractivity contribution in [3.8, 4) is 0 Å². The number of amides is 2. The van der Waals surface area contributed by atoms with Gasteiger partial charge in [0, 0.05) is 32.0 Å². The molecule has 2 amide bonds. The minimum absolute atomic E-state index is 0.0178. The molecule has 1 aromatic carbocycles. The molecular formula is C18H27N3O2. The summed E-state index contributed by atoms with van der Waals surface area (Å²) in [4.78, 5) is 26.1. The highest BCUT2D eigenvalue weighted by atomic mass is 16.2. The number of carbonyl (C=O) groups excluding carboxylic acids is 2. The fourth-order valence-electron chi connectivity index (χ4n) is 2.57. The third-order valence-corrected chi connectivity index (χ3v) is 4.19. The van der Waals surface area contributed by atoms with E-state index in [1.54, 1.807) is 0 Å². The van der Waals surface area contributed by atoms with Crippen LogP contribution in [0.2, 0.25) is 0 Å². The molecule has 126 valence electrons. The highest BCUT2D eigenvalue weighted by molar-refractivity contribution is 5.99. The van der Waals surface area contributed by atoms with Crippen LogP contribution in [0, 0.1) is 11.8 Å². The second kappa shape index (κ2) is 7.99. The van der Waals surface area contributed by atoms with Gasteiger partial charge in [-0.1, -0.05) is 19.8 Å². The standard InChI is InChI=1S/C18H27N3O2/c1-4-5-6-11-19-17(22)15-12-16(15)18(23)20-13-7-9-14(10-8-13)21(2)3/h7-10,15-16H,4-6,11-12H2,1-3H3,(H,19,22)(H,20,23). The van der Waals surface area contributed by atoms with Gasteiger partial charge >= 0.3 is 0 Å². The van der Waals surface area contributed by atoms with Gasteiger partial charge in [0.1, 0.15) is 0 Å². The lowest BCUT2D eigenvalue weighted by Gasteiger charge is -2.13. The number of nitrogens with zero attached hydrogens (tertiary/aromatic N) is 1. The van der Waals surface area contributed by atoms with Crippen LogP contribution in [0.1, 0.15) is 32.6 Å². The molecule has 0 saturated heterocycles.